The zero-order valence-electron chi connectivity index (χ0n) is 11.1. The van der Waals surface area contributed by atoms with Crippen LogP contribution in [0.15, 0.2) is 18.3 Å². The summed E-state index contributed by atoms with van der Waals surface area (Å²) in [6.45, 7) is 3.73. The molecule has 0 aliphatic carbocycles. The molecule has 5 nitrogen and oxygen atoms in total. The number of halogens is 1. The van der Waals surface area contributed by atoms with Crippen molar-refractivity contribution in [3.05, 3.63) is 29.8 Å². The molecular formula is C13H17FN2O3. The van der Waals surface area contributed by atoms with Gasteiger partial charge in [-0.1, -0.05) is 20.3 Å². The minimum absolute atomic E-state index is 0.0805. The summed E-state index contributed by atoms with van der Waals surface area (Å²) in [5.74, 6) is -1.87. The first kappa shape index (κ1) is 15.1. The lowest BCUT2D eigenvalue weighted by Crippen LogP contribution is -2.45. The molecule has 0 saturated heterocycles. The number of pyridine rings is 1. The normalized spacial score (nSPS) is 13.5. The van der Waals surface area contributed by atoms with Crippen molar-refractivity contribution >= 4 is 11.9 Å². The Balaban J connectivity index is 2.84. The molecule has 1 aromatic heterocycles. The smallest absolute Gasteiger partial charge is 0.328 e. The first-order valence-electron chi connectivity index (χ1n) is 5.99. The summed E-state index contributed by atoms with van der Waals surface area (Å²) in [5.41, 5.74) is 0.115. The highest BCUT2D eigenvalue weighted by atomic mass is 19.1. The average molecular weight is 268 g/mol. The van der Waals surface area contributed by atoms with Crippen LogP contribution in [0.1, 0.15) is 30.6 Å². The van der Waals surface area contributed by atoms with E-state index in [0.29, 0.717) is 6.42 Å². The minimum atomic E-state index is -0.751. The fourth-order valence-electron chi connectivity index (χ4n) is 1.56. The Kier molecular flexibility index (Phi) is 5.41. The molecule has 0 bridgehead atoms. The lowest BCUT2D eigenvalue weighted by Gasteiger charge is -2.21. The fraction of sp³-hybridized carbons (Fsp3) is 0.462. The predicted octanol–water partition coefficient (Wildman–Crippen LogP) is 1.54. The van der Waals surface area contributed by atoms with Gasteiger partial charge in [0.1, 0.15) is 6.04 Å². The van der Waals surface area contributed by atoms with Gasteiger partial charge in [0.2, 0.25) is 5.95 Å². The molecule has 1 rings (SSSR count). The van der Waals surface area contributed by atoms with E-state index in [0.717, 1.165) is 6.07 Å². The molecule has 2 atom stereocenters. The van der Waals surface area contributed by atoms with E-state index in [1.54, 1.807) is 0 Å². The number of nitrogens with zero attached hydrogens (tertiary/aromatic N) is 1. The highest BCUT2D eigenvalue weighted by Gasteiger charge is 2.27. The van der Waals surface area contributed by atoms with Crippen molar-refractivity contribution in [3.63, 3.8) is 0 Å². The number of nitrogens with one attached hydrogen (secondary N) is 1. The molecule has 19 heavy (non-hydrogen) atoms. The van der Waals surface area contributed by atoms with Gasteiger partial charge >= 0.3 is 5.97 Å². The molecule has 1 aromatic rings. The molecule has 0 radical (unpaired) electrons. The first-order valence-corrected chi connectivity index (χ1v) is 5.99. The molecule has 1 heterocycles. The molecule has 104 valence electrons. The Morgan fingerprint density at radius 3 is 2.74 bits per heavy atom. The fourth-order valence-corrected chi connectivity index (χ4v) is 1.56. The number of hydrogen-bond acceptors (Lipinski definition) is 4. The van der Waals surface area contributed by atoms with E-state index in [4.69, 9.17) is 0 Å². The van der Waals surface area contributed by atoms with E-state index in [9.17, 15) is 14.0 Å². The van der Waals surface area contributed by atoms with Crippen LogP contribution in [0.2, 0.25) is 0 Å². The first-order chi connectivity index (χ1) is 8.99. The number of carbonyl (C=O) groups excluding carboxylic acids is 2. The van der Waals surface area contributed by atoms with Crippen molar-refractivity contribution in [1.29, 1.82) is 0 Å². The van der Waals surface area contributed by atoms with Crippen LogP contribution in [-0.4, -0.2) is 30.0 Å². The van der Waals surface area contributed by atoms with Crippen molar-refractivity contribution in [1.82, 2.24) is 10.3 Å². The average Bonchev–Trinajstić information content (AvgIpc) is 2.42. The molecule has 1 N–H and O–H groups in total. The Bertz CT molecular complexity index is 465. The molecule has 2 unspecified atom stereocenters. The third-order valence-corrected chi connectivity index (χ3v) is 2.94. The second kappa shape index (κ2) is 6.82. The standard InChI is InChI=1S/C13H17FN2O3/c1-4-8(2)11(13(18)19-3)16-12(17)9-5-6-15-10(14)7-9/h5-8,11H,4H2,1-3H3,(H,16,17). The molecule has 6 heteroatoms. The molecule has 0 aliphatic rings. The Hall–Kier alpha value is -1.98. The van der Waals surface area contributed by atoms with Crippen LogP contribution in [0.3, 0.4) is 0 Å². The van der Waals surface area contributed by atoms with Crippen LogP contribution in [0.25, 0.3) is 0 Å². The van der Waals surface area contributed by atoms with Gasteiger partial charge in [0, 0.05) is 17.8 Å². The molecule has 0 saturated carbocycles. The second-order valence-corrected chi connectivity index (χ2v) is 4.23. The molecule has 0 fully saturated rings. The number of amides is 1. The van der Waals surface area contributed by atoms with Crippen molar-refractivity contribution in [2.75, 3.05) is 7.11 Å². The number of methoxy groups -OCH3 is 1. The van der Waals surface area contributed by atoms with Crippen LogP contribution >= 0.6 is 0 Å². The summed E-state index contributed by atoms with van der Waals surface area (Å²) in [7, 11) is 1.26. The summed E-state index contributed by atoms with van der Waals surface area (Å²) in [6.07, 6.45) is 1.89. The molecule has 1 amide bonds. The topological polar surface area (TPSA) is 68.3 Å². The Labute approximate surface area is 111 Å². The summed E-state index contributed by atoms with van der Waals surface area (Å²) in [4.78, 5) is 26.9. The summed E-state index contributed by atoms with van der Waals surface area (Å²) in [5, 5.41) is 2.55. The Morgan fingerprint density at radius 1 is 1.53 bits per heavy atom. The zero-order valence-corrected chi connectivity index (χ0v) is 11.1. The second-order valence-electron chi connectivity index (χ2n) is 4.23. The van der Waals surface area contributed by atoms with Gasteiger partial charge in [-0.3, -0.25) is 4.79 Å². The largest absolute Gasteiger partial charge is 0.467 e. The van der Waals surface area contributed by atoms with Crippen LogP contribution in [0.5, 0.6) is 0 Å². The van der Waals surface area contributed by atoms with Gasteiger partial charge < -0.3 is 10.1 Å². The third kappa shape index (κ3) is 4.01. The van der Waals surface area contributed by atoms with E-state index in [-0.39, 0.29) is 11.5 Å². The monoisotopic (exact) mass is 268 g/mol. The number of rotatable bonds is 5. The number of esters is 1. The van der Waals surface area contributed by atoms with Crippen molar-refractivity contribution in [3.8, 4) is 0 Å². The van der Waals surface area contributed by atoms with Gasteiger partial charge in [-0.15, -0.1) is 0 Å². The van der Waals surface area contributed by atoms with Gasteiger partial charge in [-0.2, -0.15) is 4.39 Å². The van der Waals surface area contributed by atoms with Gasteiger partial charge in [-0.25, -0.2) is 9.78 Å². The third-order valence-electron chi connectivity index (χ3n) is 2.94. The van der Waals surface area contributed by atoms with Crippen molar-refractivity contribution < 1.29 is 18.7 Å². The maximum Gasteiger partial charge on any atom is 0.328 e. The minimum Gasteiger partial charge on any atom is -0.467 e. The van der Waals surface area contributed by atoms with Gasteiger partial charge in [0.15, 0.2) is 0 Å². The van der Waals surface area contributed by atoms with E-state index in [1.807, 2.05) is 13.8 Å². The number of ether oxygens (including phenoxy) is 1. The van der Waals surface area contributed by atoms with E-state index >= 15 is 0 Å². The molecule has 0 aliphatic heterocycles. The Morgan fingerprint density at radius 2 is 2.21 bits per heavy atom. The maximum atomic E-state index is 12.9. The molecule has 0 spiro atoms. The summed E-state index contributed by atoms with van der Waals surface area (Å²) >= 11 is 0. The molecule has 0 aromatic carbocycles. The van der Waals surface area contributed by atoms with Crippen LogP contribution in [-0.2, 0) is 9.53 Å². The number of carbonyl (C=O) groups is 2. The van der Waals surface area contributed by atoms with Crippen molar-refractivity contribution in [2.45, 2.75) is 26.3 Å². The number of aromatic nitrogens is 1. The van der Waals surface area contributed by atoms with Gasteiger partial charge in [-0.05, 0) is 12.0 Å². The van der Waals surface area contributed by atoms with Crippen LogP contribution in [0, 0.1) is 11.9 Å². The highest BCUT2D eigenvalue weighted by Crippen LogP contribution is 2.10. The predicted molar refractivity (Wildman–Crippen MR) is 66.9 cm³/mol. The van der Waals surface area contributed by atoms with Crippen molar-refractivity contribution in [2.24, 2.45) is 5.92 Å². The van der Waals surface area contributed by atoms with Crippen LogP contribution in [0.4, 0.5) is 4.39 Å². The van der Waals surface area contributed by atoms with Crippen LogP contribution < -0.4 is 5.32 Å². The lowest BCUT2D eigenvalue weighted by atomic mass is 9.99. The van der Waals surface area contributed by atoms with E-state index < -0.39 is 23.9 Å². The van der Waals surface area contributed by atoms with Gasteiger partial charge in [0.25, 0.3) is 5.91 Å². The van der Waals surface area contributed by atoms with E-state index in [2.05, 4.69) is 15.0 Å². The SMILES string of the molecule is CCC(C)C(NC(=O)c1ccnc(F)c1)C(=O)OC. The maximum absolute atomic E-state index is 12.9. The highest BCUT2D eigenvalue weighted by molar-refractivity contribution is 5.96. The lowest BCUT2D eigenvalue weighted by molar-refractivity contribution is -0.144. The quantitative estimate of drug-likeness (QED) is 0.649. The van der Waals surface area contributed by atoms with E-state index in [1.165, 1.54) is 19.4 Å². The number of hydrogen-bond donors (Lipinski definition) is 1. The summed E-state index contributed by atoms with van der Waals surface area (Å²) < 4.78 is 17.6. The van der Waals surface area contributed by atoms with Gasteiger partial charge in [0.05, 0.1) is 7.11 Å². The summed E-state index contributed by atoms with van der Waals surface area (Å²) in [6, 6.07) is 1.64. The molecular weight excluding hydrogens is 251 g/mol. The zero-order chi connectivity index (χ0) is 14.4.